The molecule has 3 aromatic rings. The van der Waals surface area contributed by atoms with Crippen molar-refractivity contribution >= 4 is 38.7 Å². The van der Waals surface area contributed by atoms with Crippen LogP contribution in [0, 0.1) is 11.6 Å². The van der Waals surface area contributed by atoms with E-state index in [0.29, 0.717) is 11.1 Å². The maximum atomic E-state index is 13.6. The summed E-state index contributed by atoms with van der Waals surface area (Å²) in [7, 11) is -0.781. The van der Waals surface area contributed by atoms with Gasteiger partial charge in [0.25, 0.3) is 5.22 Å². The number of carbonyl (C=O) groups excluding carboxylic acids is 1. The predicted octanol–water partition coefficient (Wildman–Crippen LogP) is 3.33. The van der Waals surface area contributed by atoms with E-state index in [0.717, 1.165) is 34.3 Å². The molecule has 3 rings (SSSR count). The second kappa shape index (κ2) is 7.37. The molecule has 0 fully saturated rings. The number of hydrogen-bond acceptors (Lipinski definition) is 6. The first kappa shape index (κ1) is 19.5. The van der Waals surface area contributed by atoms with Crippen molar-refractivity contribution in [3.8, 4) is 0 Å². The number of halogens is 2. The van der Waals surface area contributed by atoms with Crippen LogP contribution in [0.3, 0.4) is 0 Å². The molecular weight excluding hydrogens is 398 g/mol. The van der Waals surface area contributed by atoms with Gasteiger partial charge in [-0.25, -0.2) is 26.5 Å². The molecule has 27 heavy (non-hydrogen) atoms. The molecule has 0 saturated heterocycles. The molecule has 0 unspecified atom stereocenters. The minimum atomic E-state index is -3.62. The number of sulfonamides is 1. The van der Waals surface area contributed by atoms with Crippen LogP contribution in [0.15, 0.2) is 50.9 Å². The van der Waals surface area contributed by atoms with Crippen molar-refractivity contribution in [2.75, 3.05) is 19.8 Å². The highest BCUT2D eigenvalue weighted by atomic mass is 32.2. The molecule has 0 atom stereocenters. The number of benzene rings is 2. The third-order valence-electron chi connectivity index (χ3n) is 3.67. The highest BCUT2D eigenvalue weighted by Gasteiger charge is 2.20. The molecule has 0 spiro atoms. The van der Waals surface area contributed by atoms with Gasteiger partial charge in [0.15, 0.2) is 11.4 Å². The Morgan fingerprint density at radius 3 is 2.63 bits per heavy atom. The maximum absolute atomic E-state index is 13.6. The third kappa shape index (κ3) is 4.02. The molecular formula is C17H14F2N2O4S2. The molecule has 0 bridgehead atoms. The van der Waals surface area contributed by atoms with Gasteiger partial charge in [0.05, 0.1) is 16.2 Å². The minimum Gasteiger partial charge on any atom is -0.431 e. The van der Waals surface area contributed by atoms with E-state index in [1.165, 1.54) is 32.3 Å². The molecule has 1 heterocycles. The molecule has 0 N–H and O–H groups in total. The summed E-state index contributed by atoms with van der Waals surface area (Å²) in [5, 5.41) is 0.120. The van der Waals surface area contributed by atoms with Crippen molar-refractivity contribution in [1.29, 1.82) is 0 Å². The zero-order valence-corrected chi connectivity index (χ0v) is 15.9. The van der Waals surface area contributed by atoms with Crippen LogP contribution >= 0.6 is 11.8 Å². The molecule has 6 nitrogen and oxygen atoms in total. The average Bonchev–Trinajstić information content (AvgIpc) is 3.03. The minimum absolute atomic E-state index is 0.0581. The molecule has 0 aliphatic carbocycles. The van der Waals surface area contributed by atoms with Gasteiger partial charge in [-0.05, 0) is 36.4 Å². The molecule has 0 aliphatic heterocycles. The van der Waals surface area contributed by atoms with Crippen LogP contribution in [0.5, 0.6) is 0 Å². The Morgan fingerprint density at radius 2 is 1.93 bits per heavy atom. The van der Waals surface area contributed by atoms with Crippen LogP contribution in [0.25, 0.3) is 11.1 Å². The van der Waals surface area contributed by atoms with E-state index in [-0.39, 0.29) is 21.4 Å². The second-order valence-electron chi connectivity index (χ2n) is 5.73. The zero-order valence-electron chi connectivity index (χ0n) is 14.3. The van der Waals surface area contributed by atoms with Crippen molar-refractivity contribution in [3.63, 3.8) is 0 Å². The number of ketones is 1. The monoisotopic (exact) mass is 412 g/mol. The first-order valence-corrected chi connectivity index (χ1v) is 10.1. The standard InChI is InChI=1S/C17H14F2N2O4S2/c1-21(2)27(23,24)11-4-6-16-14(8-11)20-17(25-16)26-9-15(22)12-7-10(18)3-5-13(12)19/h3-8H,9H2,1-2H3. The Balaban J connectivity index is 1.80. The van der Waals surface area contributed by atoms with Gasteiger partial charge in [-0.3, -0.25) is 4.79 Å². The van der Waals surface area contributed by atoms with E-state index in [1.807, 2.05) is 0 Å². The van der Waals surface area contributed by atoms with Gasteiger partial charge >= 0.3 is 0 Å². The Kier molecular flexibility index (Phi) is 5.31. The van der Waals surface area contributed by atoms with Crippen LogP contribution in [0.1, 0.15) is 10.4 Å². The molecule has 0 amide bonds. The zero-order chi connectivity index (χ0) is 19.8. The number of Topliss-reactive ketones (excluding diaryl/α,β-unsaturated/α-hetero) is 1. The molecule has 0 aliphatic rings. The van der Waals surface area contributed by atoms with Crippen LogP contribution < -0.4 is 0 Å². The number of nitrogens with zero attached hydrogens (tertiary/aromatic N) is 2. The Morgan fingerprint density at radius 1 is 1.19 bits per heavy atom. The lowest BCUT2D eigenvalue weighted by Gasteiger charge is -2.10. The number of carbonyl (C=O) groups is 1. The smallest absolute Gasteiger partial charge is 0.257 e. The first-order valence-electron chi connectivity index (χ1n) is 7.62. The van der Waals surface area contributed by atoms with E-state index in [2.05, 4.69) is 4.98 Å². The number of thioether (sulfide) groups is 1. The van der Waals surface area contributed by atoms with Gasteiger partial charge in [0.2, 0.25) is 10.0 Å². The van der Waals surface area contributed by atoms with E-state index >= 15 is 0 Å². The van der Waals surface area contributed by atoms with Crippen LogP contribution in [-0.4, -0.2) is 43.3 Å². The topological polar surface area (TPSA) is 80.5 Å². The summed E-state index contributed by atoms with van der Waals surface area (Å²) in [5.74, 6) is -2.34. The van der Waals surface area contributed by atoms with Crippen LogP contribution in [0.2, 0.25) is 0 Å². The summed E-state index contributed by atoms with van der Waals surface area (Å²) < 4.78 is 57.7. The summed E-state index contributed by atoms with van der Waals surface area (Å²) in [6.07, 6.45) is 0. The maximum Gasteiger partial charge on any atom is 0.257 e. The van der Waals surface area contributed by atoms with Crippen molar-refractivity contribution in [2.45, 2.75) is 10.1 Å². The summed E-state index contributed by atoms with van der Waals surface area (Å²) in [6.45, 7) is 0. The first-order chi connectivity index (χ1) is 12.7. The second-order valence-corrected chi connectivity index (χ2v) is 8.81. The van der Waals surface area contributed by atoms with Gasteiger partial charge < -0.3 is 4.42 Å². The van der Waals surface area contributed by atoms with E-state index in [9.17, 15) is 22.0 Å². The van der Waals surface area contributed by atoms with Crippen molar-refractivity contribution in [1.82, 2.24) is 9.29 Å². The Hall–Kier alpha value is -2.30. The quantitative estimate of drug-likeness (QED) is 0.456. The predicted molar refractivity (Wildman–Crippen MR) is 96.3 cm³/mol. The van der Waals surface area contributed by atoms with Crippen molar-refractivity contribution in [3.05, 3.63) is 53.6 Å². The van der Waals surface area contributed by atoms with Gasteiger partial charge in [-0.2, -0.15) is 0 Å². The Bertz CT molecular complexity index is 1130. The molecule has 142 valence electrons. The van der Waals surface area contributed by atoms with E-state index in [1.54, 1.807) is 0 Å². The number of hydrogen-bond donors (Lipinski definition) is 0. The van der Waals surface area contributed by atoms with Gasteiger partial charge in [-0.15, -0.1) is 0 Å². The SMILES string of the molecule is CN(C)S(=O)(=O)c1ccc2oc(SCC(=O)c3cc(F)ccc3F)nc2c1. The van der Waals surface area contributed by atoms with Crippen molar-refractivity contribution in [2.24, 2.45) is 0 Å². The lowest BCUT2D eigenvalue weighted by atomic mass is 10.1. The third-order valence-corrected chi connectivity index (χ3v) is 6.31. The van der Waals surface area contributed by atoms with E-state index in [4.69, 9.17) is 4.42 Å². The number of fused-ring (bicyclic) bond motifs is 1. The summed E-state index contributed by atoms with van der Waals surface area (Å²) in [4.78, 5) is 16.3. The largest absolute Gasteiger partial charge is 0.431 e. The summed E-state index contributed by atoms with van der Waals surface area (Å²) in [5.41, 5.74) is 0.308. The van der Waals surface area contributed by atoms with Gasteiger partial charge in [0, 0.05) is 14.1 Å². The molecule has 1 aromatic heterocycles. The van der Waals surface area contributed by atoms with Gasteiger partial charge in [0.1, 0.15) is 17.2 Å². The van der Waals surface area contributed by atoms with Crippen LogP contribution in [0.4, 0.5) is 8.78 Å². The lowest BCUT2D eigenvalue weighted by molar-refractivity contribution is 0.101. The molecule has 2 aromatic carbocycles. The highest BCUT2D eigenvalue weighted by Crippen LogP contribution is 2.27. The fraction of sp³-hybridized carbons (Fsp3) is 0.176. The molecule has 0 radical (unpaired) electrons. The normalized spacial score (nSPS) is 12.0. The fourth-order valence-electron chi connectivity index (χ4n) is 2.24. The number of oxazole rings is 1. The molecule has 10 heteroatoms. The summed E-state index contributed by atoms with van der Waals surface area (Å²) in [6, 6.07) is 6.88. The lowest BCUT2D eigenvalue weighted by Crippen LogP contribution is -2.22. The van der Waals surface area contributed by atoms with Crippen molar-refractivity contribution < 1.29 is 26.4 Å². The van der Waals surface area contributed by atoms with E-state index < -0.39 is 27.4 Å². The fourth-order valence-corrected chi connectivity index (χ4v) is 3.88. The summed E-state index contributed by atoms with van der Waals surface area (Å²) >= 11 is 0.907. The van der Waals surface area contributed by atoms with Crippen LogP contribution in [-0.2, 0) is 10.0 Å². The number of aromatic nitrogens is 1. The van der Waals surface area contributed by atoms with Gasteiger partial charge in [-0.1, -0.05) is 11.8 Å². The highest BCUT2D eigenvalue weighted by molar-refractivity contribution is 7.99. The molecule has 0 saturated carbocycles. The average molecular weight is 412 g/mol. The number of rotatable bonds is 6. The Labute approximate surface area is 158 Å².